The number of hydrogen-bond donors (Lipinski definition) is 2. The first-order valence-corrected chi connectivity index (χ1v) is 8.99. The standard InChI is InChI=1S/C21H15F3N4O/c22-21(23,24)14-5-3-12(4-6-14)19-27-17-2-1-9-25-20(17)28(19)15-7-8-16-13(10-15)11-18(29)26-16/h1-10,18,26,29H,11H2. The molecule has 5 rings (SSSR count). The molecule has 2 aromatic carbocycles. The highest BCUT2D eigenvalue weighted by molar-refractivity contribution is 5.80. The fourth-order valence-corrected chi connectivity index (χ4v) is 3.63. The molecule has 8 heteroatoms. The van der Waals surface area contributed by atoms with Gasteiger partial charge in [-0.05, 0) is 48.0 Å². The predicted molar refractivity (Wildman–Crippen MR) is 103 cm³/mol. The summed E-state index contributed by atoms with van der Waals surface area (Å²) in [7, 11) is 0. The first kappa shape index (κ1) is 17.7. The molecule has 5 nitrogen and oxygen atoms in total. The van der Waals surface area contributed by atoms with Gasteiger partial charge in [-0.15, -0.1) is 0 Å². The molecule has 3 heterocycles. The number of imidazole rings is 1. The van der Waals surface area contributed by atoms with Crippen LogP contribution in [0.5, 0.6) is 0 Å². The van der Waals surface area contributed by atoms with Gasteiger partial charge in [0, 0.05) is 29.6 Å². The third kappa shape index (κ3) is 3.01. The van der Waals surface area contributed by atoms with Crippen LogP contribution < -0.4 is 5.32 Å². The van der Waals surface area contributed by atoms with E-state index in [1.807, 2.05) is 28.8 Å². The van der Waals surface area contributed by atoms with Crippen LogP contribution in [0.4, 0.5) is 18.9 Å². The first-order chi connectivity index (χ1) is 13.9. The summed E-state index contributed by atoms with van der Waals surface area (Å²) >= 11 is 0. The Hall–Kier alpha value is -3.39. The Bertz CT molecular complexity index is 1220. The Morgan fingerprint density at radius 2 is 1.86 bits per heavy atom. The zero-order chi connectivity index (χ0) is 20.2. The maximum Gasteiger partial charge on any atom is 0.416 e. The molecular weight excluding hydrogens is 381 g/mol. The van der Waals surface area contributed by atoms with Crippen LogP contribution in [0, 0.1) is 0 Å². The fourth-order valence-electron chi connectivity index (χ4n) is 3.63. The molecule has 1 aliphatic rings. The summed E-state index contributed by atoms with van der Waals surface area (Å²) < 4.78 is 40.6. The first-order valence-electron chi connectivity index (χ1n) is 8.99. The van der Waals surface area contributed by atoms with Crippen LogP contribution in [0.25, 0.3) is 28.2 Å². The van der Waals surface area contributed by atoms with E-state index < -0.39 is 18.0 Å². The number of halogens is 3. The molecule has 1 aliphatic heterocycles. The number of alkyl halides is 3. The number of nitrogens with one attached hydrogen (secondary N) is 1. The van der Waals surface area contributed by atoms with Gasteiger partial charge in [0.1, 0.15) is 17.6 Å². The summed E-state index contributed by atoms with van der Waals surface area (Å²) in [5.41, 5.74) is 3.67. The number of pyridine rings is 1. The predicted octanol–water partition coefficient (Wildman–Crippen LogP) is 4.39. The van der Waals surface area contributed by atoms with E-state index in [9.17, 15) is 18.3 Å². The van der Waals surface area contributed by atoms with Crippen LogP contribution in [0.2, 0.25) is 0 Å². The third-order valence-electron chi connectivity index (χ3n) is 4.97. The molecule has 2 N–H and O–H groups in total. The summed E-state index contributed by atoms with van der Waals surface area (Å²) in [4.78, 5) is 9.04. The lowest BCUT2D eigenvalue weighted by molar-refractivity contribution is -0.137. The maximum atomic E-state index is 12.9. The minimum atomic E-state index is -4.39. The number of anilines is 1. The van der Waals surface area contributed by atoms with Gasteiger partial charge in [-0.1, -0.05) is 12.1 Å². The maximum absolute atomic E-state index is 12.9. The van der Waals surface area contributed by atoms with Crippen LogP contribution in [0.3, 0.4) is 0 Å². The summed E-state index contributed by atoms with van der Waals surface area (Å²) in [6, 6.07) is 14.2. The van der Waals surface area contributed by atoms with Crippen molar-refractivity contribution in [3.63, 3.8) is 0 Å². The van der Waals surface area contributed by atoms with Crippen LogP contribution in [-0.4, -0.2) is 25.9 Å². The van der Waals surface area contributed by atoms with Crippen molar-refractivity contribution in [1.29, 1.82) is 0 Å². The SMILES string of the molecule is OC1Cc2cc(-n3c(-c4ccc(C(F)(F)F)cc4)nc4cccnc43)ccc2N1. The monoisotopic (exact) mass is 396 g/mol. The van der Waals surface area contributed by atoms with E-state index in [-0.39, 0.29) is 0 Å². The molecule has 0 saturated heterocycles. The molecule has 0 bridgehead atoms. The summed E-state index contributed by atoms with van der Waals surface area (Å²) in [6.45, 7) is 0. The van der Waals surface area contributed by atoms with Crippen molar-refractivity contribution in [3.8, 4) is 17.1 Å². The topological polar surface area (TPSA) is 63.0 Å². The number of rotatable bonds is 2. The molecular formula is C21H15F3N4O. The lowest BCUT2D eigenvalue weighted by Crippen LogP contribution is -2.12. The van der Waals surface area contributed by atoms with Gasteiger partial charge in [-0.25, -0.2) is 9.97 Å². The van der Waals surface area contributed by atoms with Crippen molar-refractivity contribution in [2.75, 3.05) is 5.32 Å². The van der Waals surface area contributed by atoms with Crippen molar-refractivity contribution >= 4 is 16.9 Å². The van der Waals surface area contributed by atoms with Crippen molar-refractivity contribution in [2.24, 2.45) is 0 Å². The molecule has 4 aromatic rings. The number of aliphatic hydroxyl groups is 1. The second-order valence-corrected chi connectivity index (χ2v) is 6.90. The summed E-state index contributed by atoms with van der Waals surface area (Å²) in [6.07, 6.45) is -2.91. The van der Waals surface area contributed by atoms with Gasteiger partial charge in [0.15, 0.2) is 5.65 Å². The molecule has 0 spiro atoms. The van der Waals surface area contributed by atoms with E-state index >= 15 is 0 Å². The lowest BCUT2D eigenvalue weighted by Gasteiger charge is -2.12. The summed E-state index contributed by atoms with van der Waals surface area (Å²) in [5.74, 6) is 0.499. The molecule has 0 fully saturated rings. The molecule has 2 aromatic heterocycles. The number of aliphatic hydroxyl groups excluding tert-OH is 1. The molecule has 0 amide bonds. The van der Waals surface area contributed by atoms with E-state index in [4.69, 9.17) is 0 Å². The number of hydrogen-bond acceptors (Lipinski definition) is 4. The normalized spacial score (nSPS) is 16.1. The van der Waals surface area contributed by atoms with Crippen molar-refractivity contribution < 1.29 is 18.3 Å². The van der Waals surface area contributed by atoms with E-state index in [2.05, 4.69) is 15.3 Å². The van der Waals surface area contributed by atoms with Gasteiger partial charge >= 0.3 is 6.18 Å². The van der Waals surface area contributed by atoms with E-state index in [0.717, 1.165) is 29.1 Å². The molecule has 1 unspecified atom stereocenters. The van der Waals surface area contributed by atoms with Gasteiger partial charge in [0.25, 0.3) is 0 Å². The minimum Gasteiger partial charge on any atom is -0.373 e. The molecule has 0 saturated carbocycles. The van der Waals surface area contributed by atoms with Gasteiger partial charge in [-0.3, -0.25) is 4.57 Å². The quantitative estimate of drug-likeness (QED) is 0.528. The van der Waals surface area contributed by atoms with Crippen molar-refractivity contribution in [1.82, 2.24) is 14.5 Å². The molecule has 29 heavy (non-hydrogen) atoms. The molecule has 1 atom stereocenters. The highest BCUT2D eigenvalue weighted by atomic mass is 19.4. The van der Waals surface area contributed by atoms with Crippen molar-refractivity contribution in [2.45, 2.75) is 18.8 Å². The Kier molecular flexibility index (Phi) is 3.85. The second kappa shape index (κ2) is 6.31. The number of benzene rings is 2. The summed E-state index contributed by atoms with van der Waals surface area (Å²) in [5, 5.41) is 12.8. The minimum absolute atomic E-state index is 0.471. The Balaban J connectivity index is 1.69. The van der Waals surface area contributed by atoms with Gasteiger partial charge < -0.3 is 10.4 Å². The zero-order valence-corrected chi connectivity index (χ0v) is 15.0. The van der Waals surface area contributed by atoms with Crippen LogP contribution in [0.15, 0.2) is 60.8 Å². The fraction of sp³-hybridized carbons (Fsp3) is 0.143. The largest absolute Gasteiger partial charge is 0.416 e. The Morgan fingerprint density at radius 3 is 2.62 bits per heavy atom. The average Bonchev–Trinajstić information content (AvgIpc) is 3.26. The zero-order valence-electron chi connectivity index (χ0n) is 15.0. The van der Waals surface area contributed by atoms with E-state index in [1.165, 1.54) is 12.1 Å². The lowest BCUT2D eigenvalue weighted by atomic mass is 10.1. The van der Waals surface area contributed by atoms with Crippen molar-refractivity contribution in [3.05, 3.63) is 71.9 Å². The van der Waals surface area contributed by atoms with E-state index in [1.54, 1.807) is 12.3 Å². The van der Waals surface area contributed by atoms with Gasteiger partial charge in [0.05, 0.1) is 5.56 Å². The Labute approximate surface area is 163 Å². The molecule has 0 aliphatic carbocycles. The smallest absolute Gasteiger partial charge is 0.373 e. The number of nitrogens with zero attached hydrogens (tertiary/aromatic N) is 3. The van der Waals surface area contributed by atoms with E-state index in [0.29, 0.717) is 29.0 Å². The highest BCUT2D eigenvalue weighted by Gasteiger charge is 2.30. The van der Waals surface area contributed by atoms with Gasteiger partial charge in [0.2, 0.25) is 0 Å². The third-order valence-corrected chi connectivity index (χ3v) is 4.97. The van der Waals surface area contributed by atoms with Crippen LogP contribution in [-0.2, 0) is 12.6 Å². The molecule has 146 valence electrons. The highest BCUT2D eigenvalue weighted by Crippen LogP contribution is 2.34. The van der Waals surface area contributed by atoms with Crippen LogP contribution in [0.1, 0.15) is 11.1 Å². The molecule has 0 radical (unpaired) electrons. The second-order valence-electron chi connectivity index (χ2n) is 6.90. The number of aromatic nitrogens is 3. The average molecular weight is 396 g/mol. The van der Waals surface area contributed by atoms with Gasteiger partial charge in [-0.2, -0.15) is 13.2 Å². The number of fused-ring (bicyclic) bond motifs is 2. The Morgan fingerprint density at radius 1 is 1.07 bits per heavy atom. The van der Waals surface area contributed by atoms with Crippen LogP contribution >= 0.6 is 0 Å².